The molecule has 0 bridgehead atoms. The summed E-state index contributed by atoms with van der Waals surface area (Å²) < 4.78 is 84.5. The number of hydrogen-bond donors (Lipinski definition) is 1. The molecular formula is C18H22F3NO7S. The lowest BCUT2D eigenvalue weighted by Crippen LogP contribution is -2.60. The molecule has 2 aliphatic rings. The predicted octanol–water partition coefficient (Wildman–Crippen LogP) is 1.67. The molecule has 2 saturated heterocycles. The molecule has 1 aromatic carbocycles. The summed E-state index contributed by atoms with van der Waals surface area (Å²) in [6.45, 7) is 4.14. The van der Waals surface area contributed by atoms with Crippen molar-refractivity contribution in [3.05, 3.63) is 29.8 Å². The van der Waals surface area contributed by atoms with Gasteiger partial charge in [-0.15, -0.1) is 0 Å². The SMILES string of the molecule is Cc1ccc(S(=O)(=O)OC[C@H]2OC[C@H](NC(=O)C(F)(F)F)[C@H]3OC(C)(C)O[C@H]32)cc1. The normalized spacial score (nSPS) is 28.7. The number of carbonyl (C=O) groups is 1. The summed E-state index contributed by atoms with van der Waals surface area (Å²) in [5.41, 5.74) is 0.873. The minimum absolute atomic E-state index is 0.0419. The van der Waals surface area contributed by atoms with Gasteiger partial charge in [-0.2, -0.15) is 21.6 Å². The number of ether oxygens (including phenoxy) is 3. The first-order chi connectivity index (χ1) is 13.8. The molecular weight excluding hydrogens is 431 g/mol. The van der Waals surface area contributed by atoms with Crippen LogP contribution in [-0.2, 0) is 33.3 Å². The molecule has 0 unspecified atom stereocenters. The van der Waals surface area contributed by atoms with E-state index in [2.05, 4.69) is 0 Å². The Balaban J connectivity index is 1.70. The van der Waals surface area contributed by atoms with Crippen LogP contribution in [-0.4, -0.2) is 63.9 Å². The summed E-state index contributed by atoms with van der Waals surface area (Å²) in [6.07, 6.45) is -7.92. The third kappa shape index (κ3) is 5.11. The molecule has 0 aliphatic carbocycles. The number of halogens is 3. The van der Waals surface area contributed by atoms with E-state index in [0.717, 1.165) is 5.56 Å². The number of rotatable bonds is 5. The van der Waals surface area contributed by atoms with Gasteiger partial charge in [0, 0.05) is 0 Å². The molecule has 1 aromatic rings. The van der Waals surface area contributed by atoms with Crippen molar-refractivity contribution in [3.63, 3.8) is 0 Å². The largest absolute Gasteiger partial charge is 0.471 e. The van der Waals surface area contributed by atoms with Crippen LogP contribution in [0.25, 0.3) is 0 Å². The first-order valence-electron chi connectivity index (χ1n) is 9.09. The summed E-state index contributed by atoms with van der Waals surface area (Å²) in [6, 6.07) is 4.91. The minimum atomic E-state index is -5.06. The van der Waals surface area contributed by atoms with E-state index in [9.17, 15) is 26.4 Å². The Hall–Kier alpha value is -1.73. The van der Waals surface area contributed by atoms with E-state index in [0.29, 0.717) is 0 Å². The standard InChI is InChI=1S/C18H22F3NO7S/c1-10-4-6-11(7-5-10)30(24,25)27-9-13-15-14(28-17(2,3)29-15)12(8-26-13)22-16(23)18(19,20)21/h4-7,12-15H,8-9H2,1-3H3,(H,22,23)/t12-,13+,14+,15-/m0/s1. The van der Waals surface area contributed by atoms with Crippen LogP contribution in [0.2, 0.25) is 0 Å². The molecule has 0 aromatic heterocycles. The van der Waals surface area contributed by atoms with Crippen LogP contribution < -0.4 is 5.32 Å². The van der Waals surface area contributed by atoms with Gasteiger partial charge in [-0.25, -0.2) is 0 Å². The lowest BCUT2D eigenvalue weighted by molar-refractivity contribution is -0.178. The fourth-order valence-electron chi connectivity index (χ4n) is 3.28. The second-order valence-electron chi connectivity index (χ2n) is 7.57. The van der Waals surface area contributed by atoms with E-state index >= 15 is 0 Å². The van der Waals surface area contributed by atoms with Gasteiger partial charge in [0.1, 0.15) is 18.3 Å². The first kappa shape index (κ1) is 22.9. The van der Waals surface area contributed by atoms with Crippen molar-refractivity contribution in [3.8, 4) is 0 Å². The lowest BCUT2D eigenvalue weighted by Gasteiger charge is -2.37. The van der Waals surface area contributed by atoms with E-state index in [1.807, 2.05) is 5.32 Å². The van der Waals surface area contributed by atoms with Gasteiger partial charge in [-0.05, 0) is 32.9 Å². The van der Waals surface area contributed by atoms with E-state index in [4.69, 9.17) is 18.4 Å². The molecule has 0 saturated carbocycles. The summed E-state index contributed by atoms with van der Waals surface area (Å²) in [7, 11) is -4.08. The highest BCUT2D eigenvalue weighted by atomic mass is 32.2. The van der Waals surface area contributed by atoms with Crippen molar-refractivity contribution >= 4 is 16.0 Å². The van der Waals surface area contributed by atoms with E-state index in [1.54, 1.807) is 32.9 Å². The number of carbonyl (C=O) groups excluding carboxylic acids is 1. The maximum absolute atomic E-state index is 12.6. The zero-order chi connectivity index (χ0) is 22.3. The van der Waals surface area contributed by atoms with Gasteiger partial charge in [0.2, 0.25) is 0 Å². The second kappa shape index (κ2) is 8.08. The highest BCUT2D eigenvalue weighted by molar-refractivity contribution is 7.86. The Kier molecular flexibility index (Phi) is 6.18. The minimum Gasteiger partial charge on any atom is -0.371 e. The van der Waals surface area contributed by atoms with Crippen LogP contribution in [0, 0.1) is 6.92 Å². The van der Waals surface area contributed by atoms with Crippen molar-refractivity contribution < 1.29 is 44.8 Å². The molecule has 3 rings (SSSR count). The molecule has 30 heavy (non-hydrogen) atoms. The van der Waals surface area contributed by atoms with Crippen LogP contribution in [0.5, 0.6) is 0 Å². The zero-order valence-electron chi connectivity index (χ0n) is 16.4. The van der Waals surface area contributed by atoms with Crippen LogP contribution in [0.4, 0.5) is 13.2 Å². The molecule has 1 amide bonds. The fraction of sp³-hybridized carbons (Fsp3) is 0.611. The summed E-state index contributed by atoms with van der Waals surface area (Å²) in [4.78, 5) is 11.3. The Morgan fingerprint density at radius 2 is 1.80 bits per heavy atom. The molecule has 2 aliphatic heterocycles. The van der Waals surface area contributed by atoms with Gasteiger partial charge in [0.15, 0.2) is 5.79 Å². The summed E-state index contributed by atoms with van der Waals surface area (Å²) in [5, 5.41) is 1.84. The molecule has 12 heteroatoms. The highest BCUT2D eigenvalue weighted by Crippen LogP contribution is 2.36. The van der Waals surface area contributed by atoms with Crippen molar-refractivity contribution in [2.75, 3.05) is 13.2 Å². The molecule has 168 valence electrons. The molecule has 1 N–H and O–H groups in total. The van der Waals surface area contributed by atoms with E-state index in [1.165, 1.54) is 12.1 Å². The molecule has 0 spiro atoms. The summed E-state index contributed by atoms with van der Waals surface area (Å²) in [5.74, 6) is -3.29. The quantitative estimate of drug-likeness (QED) is 0.677. The van der Waals surface area contributed by atoms with Gasteiger partial charge in [0.05, 0.1) is 24.2 Å². The van der Waals surface area contributed by atoms with E-state index in [-0.39, 0.29) is 11.5 Å². The number of hydrogen-bond acceptors (Lipinski definition) is 7. The van der Waals surface area contributed by atoms with Crippen molar-refractivity contribution in [1.29, 1.82) is 0 Å². The highest BCUT2D eigenvalue weighted by Gasteiger charge is 2.54. The van der Waals surface area contributed by atoms with Gasteiger partial charge in [-0.1, -0.05) is 17.7 Å². The number of aryl methyl sites for hydroxylation is 1. The number of benzene rings is 1. The van der Waals surface area contributed by atoms with Crippen LogP contribution in [0.3, 0.4) is 0 Å². The molecule has 2 heterocycles. The summed E-state index contributed by atoms with van der Waals surface area (Å²) >= 11 is 0. The van der Waals surface area contributed by atoms with Gasteiger partial charge in [-0.3, -0.25) is 8.98 Å². The molecule has 4 atom stereocenters. The number of alkyl halides is 3. The van der Waals surface area contributed by atoms with Crippen molar-refractivity contribution in [1.82, 2.24) is 5.32 Å². The van der Waals surface area contributed by atoms with Crippen LogP contribution in [0.15, 0.2) is 29.2 Å². The van der Waals surface area contributed by atoms with Crippen molar-refractivity contribution in [2.45, 2.75) is 62.0 Å². The third-order valence-electron chi connectivity index (χ3n) is 4.69. The maximum Gasteiger partial charge on any atom is 0.471 e. The van der Waals surface area contributed by atoms with E-state index < -0.39 is 58.9 Å². The first-order valence-corrected chi connectivity index (χ1v) is 10.5. The monoisotopic (exact) mass is 453 g/mol. The zero-order valence-corrected chi connectivity index (χ0v) is 17.2. The van der Waals surface area contributed by atoms with Gasteiger partial charge < -0.3 is 19.5 Å². The number of nitrogens with one attached hydrogen (secondary N) is 1. The Morgan fingerprint density at radius 1 is 1.20 bits per heavy atom. The Labute approximate surface area is 171 Å². The molecule has 0 radical (unpaired) electrons. The lowest BCUT2D eigenvalue weighted by atomic mass is 9.98. The third-order valence-corrected chi connectivity index (χ3v) is 5.98. The topological polar surface area (TPSA) is 100 Å². The Bertz CT molecular complexity index is 886. The number of fused-ring (bicyclic) bond motifs is 1. The van der Waals surface area contributed by atoms with Crippen LogP contribution >= 0.6 is 0 Å². The maximum atomic E-state index is 12.6. The van der Waals surface area contributed by atoms with Crippen LogP contribution in [0.1, 0.15) is 19.4 Å². The van der Waals surface area contributed by atoms with Gasteiger partial charge in [0.25, 0.3) is 10.1 Å². The van der Waals surface area contributed by atoms with Crippen molar-refractivity contribution in [2.24, 2.45) is 0 Å². The molecule has 8 nitrogen and oxygen atoms in total. The number of amides is 1. The average molecular weight is 453 g/mol. The van der Waals surface area contributed by atoms with Gasteiger partial charge >= 0.3 is 12.1 Å². The average Bonchev–Trinajstić information content (AvgIpc) is 2.96. The fourth-order valence-corrected chi connectivity index (χ4v) is 4.20. The predicted molar refractivity (Wildman–Crippen MR) is 95.9 cm³/mol. The smallest absolute Gasteiger partial charge is 0.371 e. The second-order valence-corrected chi connectivity index (χ2v) is 9.18. The molecule has 2 fully saturated rings. The Morgan fingerprint density at radius 3 is 2.40 bits per heavy atom.